The van der Waals surface area contributed by atoms with Crippen molar-refractivity contribution in [2.45, 2.75) is 44.3 Å². The maximum absolute atomic E-state index is 12.9. The molecule has 136 valence electrons. The van der Waals surface area contributed by atoms with Crippen LogP contribution in [0.1, 0.15) is 42.5 Å². The van der Waals surface area contributed by atoms with Crippen molar-refractivity contribution in [3.8, 4) is 5.75 Å². The number of carbonyl (C=O) groups excluding carboxylic acids is 1. The molecule has 0 aromatic heterocycles. The molecule has 4 rings (SSSR count). The Morgan fingerprint density at radius 3 is 2.60 bits per heavy atom. The van der Waals surface area contributed by atoms with Gasteiger partial charge in [0.15, 0.2) is 0 Å². The number of aliphatic hydroxyl groups excluding tert-OH is 1. The molecule has 0 spiro atoms. The molecule has 1 aromatic rings. The van der Waals surface area contributed by atoms with Crippen LogP contribution in [0.2, 0.25) is 0 Å². The van der Waals surface area contributed by atoms with E-state index in [0.717, 1.165) is 51.9 Å². The van der Waals surface area contributed by atoms with E-state index in [1.165, 1.54) is 6.42 Å². The molecule has 2 aliphatic heterocycles. The van der Waals surface area contributed by atoms with Crippen molar-refractivity contribution in [3.63, 3.8) is 0 Å². The smallest absolute Gasteiger partial charge is 0.257 e. The van der Waals surface area contributed by atoms with Gasteiger partial charge in [0.05, 0.1) is 11.7 Å². The summed E-state index contributed by atoms with van der Waals surface area (Å²) < 4.78 is 6.19. The van der Waals surface area contributed by atoms with Crippen LogP contribution in [0, 0.1) is 11.8 Å². The standard InChI is InChI=1S/C20H28N2O3/c23-17-10-14-12-21-13-15(14)11-19(17)25-18-7-3-2-6-16(18)20(24)22-8-4-1-5-9-22/h2-3,6-7,14-15,17,19,21,23H,1,4-5,8-13H2/t14-,15+,17+,19+/m0/s1. The van der Waals surface area contributed by atoms with E-state index < -0.39 is 6.10 Å². The van der Waals surface area contributed by atoms with Gasteiger partial charge in [0.2, 0.25) is 0 Å². The molecule has 0 radical (unpaired) electrons. The highest BCUT2D eigenvalue weighted by molar-refractivity contribution is 5.97. The van der Waals surface area contributed by atoms with Gasteiger partial charge in [-0.05, 0) is 69.2 Å². The summed E-state index contributed by atoms with van der Waals surface area (Å²) in [6, 6.07) is 7.50. The van der Waals surface area contributed by atoms with Crippen LogP contribution in [-0.4, -0.2) is 54.3 Å². The van der Waals surface area contributed by atoms with Crippen LogP contribution in [0.3, 0.4) is 0 Å². The third kappa shape index (κ3) is 3.53. The van der Waals surface area contributed by atoms with Crippen LogP contribution in [0.4, 0.5) is 0 Å². The molecule has 25 heavy (non-hydrogen) atoms. The summed E-state index contributed by atoms with van der Waals surface area (Å²) in [5.41, 5.74) is 0.628. The predicted molar refractivity (Wildman–Crippen MR) is 95.7 cm³/mol. The Morgan fingerprint density at radius 1 is 1.08 bits per heavy atom. The molecule has 2 saturated heterocycles. The Kier molecular flexibility index (Phi) is 4.95. The number of carbonyl (C=O) groups is 1. The summed E-state index contributed by atoms with van der Waals surface area (Å²) >= 11 is 0. The van der Waals surface area contributed by atoms with E-state index in [4.69, 9.17) is 4.74 Å². The van der Waals surface area contributed by atoms with E-state index in [1.54, 1.807) is 0 Å². The van der Waals surface area contributed by atoms with E-state index >= 15 is 0 Å². The molecule has 5 nitrogen and oxygen atoms in total. The maximum Gasteiger partial charge on any atom is 0.257 e. The molecule has 3 fully saturated rings. The molecule has 0 bridgehead atoms. The third-order valence-electron chi connectivity index (χ3n) is 6.03. The molecule has 1 amide bonds. The number of nitrogens with one attached hydrogen (secondary N) is 1. The number of benzene rings is 1. The number of piperidine rings is 1. The Balaban J connectivity index is 1.49. The van der Waals surface area contributed by atoms with Crippen molar-refractivity contribution < 1.29 is 14.6 Å². The van der Waals surface area contributed by atoms with Gasteiger partial charge in [0.1, 0.15) is 11.9 Å². The first kappa shape index (κ1) is 16.9. The Morgan fingerprint density at radius 2 is 1.80 bits per heavy atom. The lowest BCUT2D eigenvalue weighted by atomic mass is 9.78. The SMILES string of the molecule is O=C(c1ccccc1O[C@@H]1C[C@@H]2CNC[C@@H]2C[C@H]1O)N1CCCCC1. The minimum Gasteiger partial charge on any atom is -0.487 e. The number of aliphatic hydroxyl groups is 1. The second-order valence-electron chi connectivity index (χ2n) is 7.72. The molecule has 5 heteroatoms. The van der Waals surface area contributed by atoms with Gasteiger partial charge in [0, 0.05) is 13.1 Å². The maximum atomic E-state index is 12.9. The fraction of sp³-hybridized carbons (Fsp3) is 0.650. The third-order valence-corrected chi connectivity index (χ3v) is 6.03. The van der Waals surface area contributed by atoms with E-state index in [-0.39, 0.29) is 12.0 Å². The molecular formula is C20H28N2O3. The van der Waals surface area contributed by atoms with E-state index in [0.29, 0.717) is 23.1 Å². The highest BCUT2D eigenvalue weighted by Crippen LogP contribution is 2.35. The Bertz CT molecular complexity index is 615. The van der Waals surface area contributed by atoms with Crippen LogP contribution in [0.25, 0.3) is 0 Å². The molecule has 1 aromatic carbocycles. The van der Waals surface area contributed by atoms with Gasteiger partial charge in [-0.15, -0.1) is 0 Å². The van der Waals surface area contributed by atoms with Crippen molar-refractivity contribution in [2.75, 3.05) is 26.2 Å². The van der Waals surface area contributed by atoms with Crippen molar-refractivity contribution in [1.82, 2.24) is 10.2 Å². The number of amides is 1. The van der Waals surface area contributed by atoms with Gasteiger partial charge in [0.25, 0.3) is 5.91 Å². The molecule has 4 atom stereocenters. The molecule has 2 heterocycles. The lowest BCUT2D eigenvalue weighted by Gasteiger charge is -2.36. The Hall–Kier alpha value is -1.59. The van der Waals surface area contributed by atoms with E-state index in [9.17, 15) is 9.90 Å². The van der Waals surface area contributed by atoms with Crippen molar-refractivity contribution in [1.29, 1.82) is 0 Å². The molecular weight excluding hydrogens is 316 g/mol. The Labute approximate surface area is 149 Å². The molecule has 1 aliphatic carbocycles. The number of para-hydroxylation sites is 1. The van der Waals surface area contributed by atoms with E-state index in [1.807, 2.05) is 29.2 Å². The number of hydrogen-bond acceptors (Lipinski definition) is 4. The summed E-state index contributed by atoms with van der Waals surface area (Å²) in [6.07, 6.45) is 4.30. The molecule has 3 aliphatic rings. The van der Waals surface area contributed by atoms with Gasteiger partial charge in [-0.1, -0.05) is 12.1 Å². The number of nitrogens with zero attached hydrogens (tertiary/aromatic N) is 1. The lowest BCUT2D eigenvalue weighted by Crippen LogP contribution is -2.42. The minimum absolute atomic E-state index is 0.0565. The van der Waals surface area contributed by atoms with Gasteiger partial charge in [-0.3, -0.25) is 4.79 Å². The van der Waals surface area contributed by atoms with Crippen LogP contribution in [0.5, 0.6) is 5.75 Å². The highest BCUT2D eigenvalue weighted by Gasteiger charge is 2.40. The first-order valence-corrected chi connectivity index (χ1v) is 9.66. The van der Waals surface area contributed by atoms with Crippen LogP contribution in [0.15, 0.2) is 24.3 Å². The second kappa shape index (κ2) is 7.34. The largest absolute Gasteiger partial charge is 0.487 e. The summed E-state index contributed by atoms with van der Waals surface area (Å²) in [5, 5.41) is 13.9. The van der Waals surface area contributed by atoms with Crippen LogP contribution >= 0.6 is 0 Å². The number of hydrogen-bond donors (Lipinski definition) is 2. The summed E-state index contributed by atoms with van der Waals surface area (Å²) in [5.74, 6) is 1.80. The summed E-state index contributed by atoms with van der Waals surface area (Å²) in [4.78, 5) is 14.8. The fourth-order valence-corrected chi connectivity index (χ4v) is 4.56. The van der Waals surface area contributed by atoms with Gasteiger partial charge in [-0.25, -0.2) is 0 Å². The number of ether oxygens (including phenoxy) is 1. The second-order valence-corrected chi connectivity index (χ2v) is 7.72. The van der Waals surface area contributed by atoms with Gasteiger partial charge >= 0.3 is 0 Å². The zero-order chi connectivity index (χ0) is 17.2. The molecule has 1 saturated carbocycles. The van der Waals surface area contributed by atoms with Crippen molar-refractivity contribution in [2.24, 2.45) is 11.8 Å². The van der Waals surface area contributed by atoms with E-state index in [2.05, 4.69) is 5.32 Å². The monoisotopic (exact) mass is 344 g/mol. The fourth-order valence-electron chi connectivity index (χ4n) is 4.56. The normalized spacial score (nSPS) is 32.3. The zero-order valence-corrected chi connectivity index (χ0v) is 14.7. The number of fused-ring (bicyclic) bond motifs is 1. The average molecular weight is 344 g/mol. The predicted octanol–water partition coefficient (Wildman–Crippen LogP) is 2.05. The first-order valence-electron chi connectivity index (χ1n) is 9.66. The van der Waals surface area contributed by atoms with Crippen molar-refractivity contribution in [3.05, 3.63) is 29.8 Å². The number of likely N-dealkylation sites (tertiary alicyclic amines) is 1. The summed E-state index contributed by atoms with van der Waals surface area (Å²) in [6.45, 7) is 3.66. The van der Waals surface area contributed by atoms with Crippen LogP contribution < -0.4 is 10.1 Å². The van der Waals surface area contributed by atoms with Crippen LogP contribution in [-0.2, 0) is 0 Å². The summed E-state index contributed by atoms with van der Waals surface area (Å²) in [7, 11) is 0. The zero-order valence-electron chi connectivity index (χ0n) is 14.7. The number of rotatable bonds is 3. The quantitative estimate of drug-likeness (QED) is 0.881. The highest BCUT2D eigenvalue weighted by atomic mass is 16.5. The molecule has 2 N–H and O–H groups in total. The van der Waals surface area contributed by atoms with Gasteiger partial charge in [-0.2, -0.15) is 0 Å². The van der Waals surface area contributed by atoms with Gasteiger partial charge < -0.3 is 20.1 Å². The minimum atomic E-state index is -0.459. The first-order chi connectivity index (χ1) is 12.2. The van der Waals surface area contributed by atoms with Crippen molar-refractivity contribution >= 4 is 5.91 Å². The molecule has 0 unspecified atom stereocenters. The average Bonchev–Trinajstić information content (AvgIpc) is 3.10. The lowest BCUT2D eigenvalue weighted by molar-refractivity contribution is -0.0235. The topological polar surface area (TPSA) is 61.8 Å².